The Hall–Kier alpha value is -0.960. The first-order chi connectivity index (χ1) is 9.32. The summed E-state index contributed by atoms with van der Waals surface area (Å²) in [5.41, 5.74) is 0.610. The smallest absolute Gasteiger partial charge is 0.239 e. The molecule has 0 aliphatic carbocycles. The highest BCUT2D eigenvalue weighted by Crippen LogP contribution is 2.14. The summed E-state index contributed by atoms with van der Waals surface area (Å²) < 4.78 is 29.9. The number of anilines is 1. The normalized spacial score (nSPS) is 11.6. The van der Waals surface area contributed by atoms with Crippen molar-refractivity contribution in [3.05, 3.63) is 28.7 Å². The number of halogens is 1. The van der Waals surface area contributed by atoms with E-state index in [1.54, 1.807) is 24.3 Å². The Labute approximate surface area is 127 Å². The van der Waals surface area contributed by atoms with Crippen LogP contribution < -0.4 is 5.32 Å². The van der Waals surface area contributed by atoms with Crippen LogP contribution in [0, 0.1) is 0 Å². The second-order valence-corrected chi connectivity index (χ2v) is 7.04. The van der Waals surface area contributed by atoms with Gasteiger partial charge in [-0.2, -0.15) is 4.31 Å². The molecule has 112 valence electrons. The molecule has 0 saturated heterocycles. The summed E-state index contributed by atoms with van der Waals surface area (Å²) >= 11 is 3.29. The fraction of sp³-hybridized carbons (Fsp3) is 0.417. The molecule has 6 nitrogen and oxygen atoms in total. The molecule has 1 amide bonds. The van der Waals surface area contributed by atoms with E-state index in [2.05, 4.69) is 21.2 Å². The second kappa shape index (κ2) is 7.72. The highest BCUT2D eigenvalue weighted by Gasteiger charge is 2.19. The van der Waals surface area contributed by atoms with Gasteiger partial charge in [0.1, 0.15) is 0 Å². The summed E-state index contributed by atoms with van der Waals surface area (Å²) in [6.07, 6.45) is 1.07. The van der Waals surface area contributed by atoms with Crippen molar-refractivity contribution in [2.24, 2.45) is 0 Å². The number of carbonyl (C=O) groups excluding carboxylic acids is 1. The van der Waals surface area contributed by atoms with Crippen LogP contribution in [0.15, 0.2) is 28.7 Å². The average Bonchev–Trinajstić information content (AvgIpc) is 2.36. The molecule has 1 aromatic rings. The van der Waals surface area contributed by atoms with Gasteiger partial charge in [-0.15, -0.1) is 0 Å². The maximum atomic E-state index is 11.8. The van der Waals surface area contributed by atoms with Crippen molar-refractivity contribution in [3.8, 4) is 0 Å². The summed E-state index contributed by atoms with van der Waals surface area (Å²) in [5.74, 6) is -0.395. The van der Waals surface area contributed by atoms with Crippen LogP contribution in [0.3, 0.4) is 0 Å². The number of methoxy groups -OCH3 is 1. The third-order valence-corrected chi connectivity index (χ3v) is 4.24. The Bertz CT molecular complexity index is 545. The molecule has 0 aliphatic rings. The van der Waals surface area contributed by atoms with E-state index in [0.29, 0.717) is 5.69 Å². The topological polar surface area (TPSA) is 75.7 Å². The van der Waals surface area contributed by atoms with Gasteiger partial charge in [-0.05, 0) is 24.3 Å². The molecule has 0 heterocycles. The first-order valence-electron chi connectivity index (χ1n) is 5.82. The lowest BCUT2D eigenvalue weighted by molar-refractivity contribution is -0.116. The Morgan fingerprint density at radius 1 is 1.35 bits per heavy atom. The molecule has 1 rings (SSSR count). The van der Waals surface area contributed by atoms with Gasteiger partial charge in [0, 0.05) is 23.8 Å². The van der Waals surface area contributed by atoms with Crippen LogP contribution in [0.2, 0.25) is 0 Å². The van der Waals surface area contributed by atoms with E-state index in [1.807, 2.05) is 0 Å². The molecule has 8 heteroatoms. The van der Waals surface area contributed by atoms with E-state index in [0.717, 1.165) is 15.0 Å². The number of sulfonamides is 1. The van der Waals surface area contributed by atoms with E-state index in [1.165, 1.54) is 7.11 Å². The highest BCUT2D eigenvalue weighted by molar-refractivity contribution is 9.10. The molecule has 1 aromatic carbocycles. The predicted molar refractivity (Wildman–Crippen MR) is 81.1 cm³/mol. The summed E-state index contributed by atoms with van der Waals surface area (Å²) in [6, 6.07) is 7.02. The SMILES string of the molecule is COCCN(CC(=O)Nc1ccc(Br)cc1)S(C)(=O)=O. The van der Waals surface area contributed by atoms with Crippen LogP contribution >= 0.6 is 15.9 Å². The van der Waals surface area contributed by atoms with E-state index < -0.39 is 15.9 Å². The standard InChI is InChI=1S/C12H17BrN2O4S/c1-19-8-7-15(20(2,17)18)9-12(16)14-11-5-3-10(13)4-6-11/h3-6H,7-9H2,1-2H3,(H,14,16). The minimum atomic E-state index is -3.45. The van der Waals surface area contributed by atoms with Crippen LogP contribution in [0.1, 0.15) is 0 Å². The van der Waals surface area contributed by atoms with Gasteiger partial charge in [0.05, 0.1) is 19.4 Å². The third kappa shape index (κ3) is 6.00. The fourth-order valence-electron chi connectivity index (χ4n) is 1.45. The lowest BCUT2D eigenvalue weighted by Crippen LogP contribution is -2.39. The molecule has 0 spiro atoms. The number of hydrogen-bond donors (Lipinski definition) is 1. The van der Waals surface area contributed by atoms with E-state index >= 15 is 0 Å². The van der Waals surface area contributed by atoms with Crippen molar-refractivity contribution in [1.29, 1.82) is 0 Å². The number of amides is 1. The molecule has 20 heavy (non-hydrogen) atoms. The zero-order chi connectivity index (χ0) is 15.2. The summed E-state index contributed by atoms with van der Waals surface area (Å²) in [6.45, 7) is 0.139. The third-order valence-electron chi connectivity index (χ3n) is 2.46. The highest BCUT2D eigenvalue weighted by atomic mass is 79.9. The molecule has 1 N–H and O–H groups in total. The minimum Gasteiger partial charge on any atom is -0.383 e. The average molecular weight is 365 g/mol. The number of carbonyl (C=O) groups is 1. The number of nitrogens with zero attached hydrogens (tertiary/aromatic N) is 1. The van der Waals surface area contributed by atoms with Crippen LogP contribution in [0.4, 0.5) is 5.69 Å². The molecule has 0 unspecified atom stereocenters. The van der Waals surface area contributed by atoms with Gasteiger partial charge in [0.15, 0.2) is 0 Å². The molecular formula is C12H17BrN2O4S. The molecule has 0 aromatic heterocycles. The lowest BCUT2D eigenvalue weighted by atomic mass is 10.3. The van der Waals surface area contributed by atoms with Gasteiger partial charge in [0.2, 0.25) is 15.9 Å². The monoisotopic (exact) mass is 364 g/mol. The van der Waals surface area contributed by atoms with Crippen LogP contribution in [-0.4, -0.2) is 51.7 Å². The number of rotatable bonds is 7. The van der Waals surface area contributed by atoms with Gasteiger partial charge in [-0.1, -0.05) is 15.9 Å². The first kappa shape index (κ1) is 17.1. The summed E-state index contributed by atoms with van der Waals surface area (Å²) in [7, 11) is -1.97. The zero-order valence-electron chi connectivity index (χ0n) is 11.3. The molecular weight excluding hydrogens is 348 g/mol. The Morgan fingerprint density at radius 3 is 2.45 bits per heavy atom. The fourth-order valence-corrected chi connectivity index (χ4v) is 2.47. The molecule has 0 atom stereocenters. The maximum absolute atomic E-state index is 11.8. The maximum Gasteiger partial charge on any atom is 0.239 e. The van der Waals surface area contributed by atoms with Crippen molar-refractivity contribution in [3.63, 3.8) is 0 Å². The number of hydrogen-bond acceptors (Lipinski definition) is 4. The zero-order valence-corrected chi connectivity index (χ0v) is 13.7. The second-order valence-electron chi connectivity index (χ2n) is 4.14. The van der Waals surface area contributed by atoms with Gasteiger partial charge in [0.25, 0.3) is 0 Å². The summed E-state index contributed by atoms with van der Waals surface area (Å²) in [5, 5.41) is 2.64. The van der Waals surface area contributed by atoms with Crippen LogP contribution in [0.25, 0.3) is 0 Å². The predicted octanol–water partition coefficient (Wildman–Crippen LogP) is 1.30. The van der Waals surface area contributed by atoms with E-state index in [4.69, 9.17) is 4.74 Å². The van der Waals surface area contributed by atoms with Crippen molar-refractivity contribution in [1.82, 2.24) is 4.31 Å². The molecule has 0 fully saturated rings. The van der Waals surface area contributed by atoms with Crippen molar-refractivity contribution in [2.45, 2.75) is 0 Å². The van der Waals surface area contributed by atoms with Gasteiger partial charge < -0.3 is 10.1 Å². The first-order valence-corrected chi connectivity index (χ1v) is 8.46. The number of benzene rings is 1. The number of nitrogens with one attached hydrogen (secondary N) is 1. The molecule has 0 radical (unpaired) electrons. The Kier molecular flexibility index (Phi) is 6.60. The number of ether oxygens (including phenoxy) is 1. The quantitative estimate of drug-likeness (QED) is 0.790. The molecule has 0 aliphatic heterocycles. The minimum absolute atomic E-state index is 0.142. The van der Waals surface area contributed by atoms with Gasteiger partial charge in [-0.3, -0.25) is 4.79 Å². The van der Waals surface area contributed by atoms with Crippen molar-refractivity contribution < 1.29 is 17.9 Å². The van der Waals surface area contributed by atoms with E-state index in [9.17, 15) is 13.2 Å². The van der Waals surface area contributed by atoms with Crippen molar-refractivity contribution >= 4 is 37.5 Å². The van der Waals surface area contributed by atoms with Gasteiger partial charge in [-0.25, -0.2) is 8.42 Å². The van der Waals surface area contributed by atoms with E-state index in [-0.39, 0.29) is 19.7 Å². The van der Waals surface area contributed by atoms with Crippen LogP contribution in [0.5, 0.6) is 0 Å². The van der Waals surface area contributed by atoms with Crippen molar-refractivity contribution in [2.75, 3.05) is 38.4 Å². The molecule has 0 bridgehead atoms. The molecule has 0 saturated carbocycles. The largest absolute Gasteiger partial charge is 0.383 e. The Balaban J connectivity index is 2.64. The Morgan fingerprint density at radius 2 is 1.95 bits per heavy atom. The van der Waals surface area contributed by atoms with Gasteiger partial charge >= 0.3 is 0 Å². The summed E-state index contributed by atoms with van der Waals surface area (Å²) in [4.78, 5) is 11.8. The lowest BCUT2D eigenvalue weighted by Gasteiger charge is -2.18. The van der Waals surface area contributed by atoms with Crippen LogP contribution in [-0.2, 0) is 19.6 Å².